The average molecular weight is 264 g/mol. The van der Waals surface area contributed by atoms with Crippen molar-refractivity contribution in [3.63, 3.8) is 0 Å². The molecule has 3 N–H and O–H groups in total. The predicted molar refractivity (Wildman–Crippen MR) is 77.3 cm³/mol. The van der Waals surface area contributed by atoms with Gasteiger partial charge in [-0.15, -0.1) is 0 Å². The van der Waals surface area contributed by atoms with E-state index in [2.05, 4.69) is 26.1 Å². The number of benzene rings is 1. The van der Waals surface area contributed by atoms with Crippen molar-refractivity contribution in [2.75, 3.05) is 19.7 Å². The number of nitrogens with one attached hydrogen (secondary N) is 1. The van der Waals surface area contributed by atoms with Crippen LogP contribution in [-0.4, -0.2) is 25.6 Å². The normalized spacial score (nSPS) is 11.2. The zero-order valence-corrected chi connectivity index (χ0v) is 12.0. The number of rotatable bonds is 6. The third kappa shape index (κ3) is 5.75. The Hall–Kier alpha value is -1.55. The number of ether oxygens (including phenoxy) is 1. The highest BCUT2D eigenvalue weighted by Crippen LogP contribution is 2.24. The van der Waals surface area contributed by atoms with Crippen LogP contribution in [-0.2, 0) is 10.2 Å². The summed E-state index contributed by atoms with van der Waals surface area (Å²) in [6.07, 6.45) is 0.784. The third-order valence-corrected chi connectivity index (χ3v) is 2.79. The summed E-state index contributed by atoms with van der Waals surface area (Å²) in [7, 11) is 0. The summed E-state index contributed by atoms with van der Waals surface area (Å²) in [5, 5.41) is 2.75. The van der Waals surface area contributed by atoms with Gasteiger partial charge in [0.05, 0.1) is 0 Å². The molecular weight excluding hydrogens is 240 g/mol. The number of nitrogens with two attached hydrogens (primary N) is 1. The maximum Gasteiger partial charge on any atom is 0.257 e. The van der Waals surface area contributed by atoms with Gasteiger partial charge in [-0.3, -0.25) is 4.79 Å². The third-order valence-electron chi connectivity index (χ3n) is 2.79. The van der Waals surface area contributed by atoms with Gasteiger partial charge in [0.25, 0.3) is 5.91 Å². The van der Waals surface area contributed by atoms with E-state index in [-0.39, 0.29) is 17.9 Å². The van der Waals surface area contributed by atoms with Gasteiger partial charge in [-0.05, 0) is 36.1 Å². The summed E-state index contributed by atoms with van der Waals surface area (Å²) in [4.78, 5) is 11.4. The van der Waals surface area contributed by atoms with Crippen molar-refractivity contribution in [1.82, 2.24) is 5.32 Å². The predicted octanol–water partition coefficient (Wildman–Crippen LogP) is 1.83. The Morgan fingerprint density at radius 1 is 1.26 bits per heavy atom. The van der Waals surface area contributed by atoms with E-state index in [1.165, 1.54) is 5.56 Å². The second-order valence-electron chi connectivity index (χ2n) is 5.56. The molecule has 4 nitrogen and oxygen atoms in total. The van der Waals surface area contributed by atoms with E-state index in [0.29, 0.717) is 18.8 Å². The van der Waals surface area contributed by atoms with E-state index in [4.69, 9.17) is 10.5 Å². The summed E-state index contributed by atoms with van der Waals surface area (Å²) in [6, 6.07) is 7.85. The van der Waals surface area contributed by atoms with Crippen molar-refractivity contribution < 1.29 is 9.53 Å². The molecule has 0 aliphatic rings. The number of amides is 1. The van der Waals surface area contributed by atoms with Crippen LogP contribution >= 0.6 is 0 Å². The van der Waals surface area contributed by atoms with Gasteiger partial charge < -0.3 is 15.8 Å². The molecule has 1 aromatic carbocycles. The molecule has 4 heteroatoms. The van der Waals surface area contributed by atoms with Gasteiger partial charge in [0.2, 0.25) is 0 Å². The van der Waals surface area contributed by atoms with Gasteiger partial charge in [-0.1, -0.05) is 32.9 Å². The average Bonchev–Trinajstić information content (AvgIpc) is 2.36. The van der Waals surface area contributed by atoms with Crippen LogP contribution < -0.4 is 15.8 Å². The van der Waals surface area contributed by atoms with Crippen molar-refractivity contribution >= 4 is 5.91 Å². The van der Waals surface area contributed by atoms with E-state index in [9.17, 15) is 4.79 Å². The topological polar surface area (TPSA) is 64.3 Å². The van der Waals surface area contributed by atoms with Gasteiger partial charge >= 0.3 is 0 Å². The summed E-state index contributed by atoms with van der Waals surface area (Å²) >= 11 is 0. The molecular formula is C15H24N2O2. The fourth-order valence-corrected chi connectivity index (χ4v) is 1.58. The van der Waals surface area contributed by atoms with Gasteiger partial charge in [0.15, 0.2) is 6.61 Å². The molecule has 0 aliphatic carbocycles. The summed E-state index contributed by atoms with van der Waals surface area (Å²) in [5.74, 6) is 0.593. The lowest BCUT2D eigenvalue weighted by molar-refractivity contribution is -0.123. The molecule has 0 radical (unpaired) electrons. The van der Waals surface area contributed by atoms with Gasteiger partial charge in [0, 0.05) is 6.54 Å². The first-order valence-corrected chi connectivity index (χ1v) is 6.63. The van der Waals surface area contributed by atoms with Gasteiger partial charge in [0.1, 0.15) is 5.75 Å². The van der Waals surface area contributed by atoms with Crippen LogP contribution in [0.1, 0.15) is 32.8 Å². The van der Waals surface area contributed by atoms with Crippen molar-refractivity contribution in [1.29, 1.82) is 0 Å². The van der Waals surface area contributed by atoms with Gasteiger partial charge in [-0.2, -0.15) is 0 Å². The van der Waals surface area contributed by atoms with E-state index in [1.54, 1.807) is 0 Å². The Labute approximate surface area is 115 Å². The molecule has 1 rings (SSSR count). The smallest absolute Gasteiger partial charge is 0.257 e. The molecule has 0 unspecified atom stereocenters. The van der Waals surface area contributed by atoms with Crippen molar-refractivity contribution in [2.45, 2.75) is 32.6 Å². The number of carbonyl (C=O) groups excluding carboxylic acids is 1. The first-order chi connectivity index (χ1) is 8.93. The van der Waals surface area contributed by atoms with Crippen molar-refractivity contribution in [3.8, 4) is 5.75 Å². The van der Waals surface area contributed by atoms with Crippen LogP contribution in [0.5, 0.6) is 5.75 Å². The van der Waals surface area contributed by atoms with Gasteiger partial charge in [-0.25, -0.2) is 0 Å². The van der Waals surface area contributed by atoms with Crippen LogP contribution in [0.4, 0.5) is 0 Å². The minimum atomic E-state index is -0.117. The Balaban J connectivity index is 2.40. The van der Waals surface area contributed by atoms with E-state index < -0.39 is 0 Å². The fourth-order valence-electron chi connectivity index (χ4n) is 1.58. The zero-order chi connectivity index (χ0) is 14.3. The van der Waals surface area contributed by atoms with E-state index >= 15 is 0 Å². The highest BCUT2D eigenvalue weighted by Gasteiger charge is 2.13. The maximum absolute atomic E-state index is 11.4. The number of hydrogen-bond donors (Lipinski definition) is 2. The minimum Gasteiger partial charge on any atom is -0.484 e. The lowest BCUT2D eigenvalue weighted by Gasteiger charge is -2.19. The maximum atomic E-state index is 11.4. The Kier molecular flexibility index (Phi) is 5.83. The van der Waals surface area contributed by atoms with E-state index in [0.717, 1.165) is 6.42 Å². The molecule has 1 amide bonds. The summed E-state index contributed by atoms with van der Waals surface area (Å²) in [6.45, 7) is 7.70. The highest BCUT2D eigenvalue weighted by atomic mass is 16.5. The highest BCUT2D eigenvalue weighted by molar-refractivity contribution is 5.77. The second kappa shape index (κ2) is 7.14. The number of hydrogen-bond acceptors (Lipinski definition) is 3. The standard InChI is InChI=1S/C15H24N2O2/c1-15(2,3)12-5-7-13(8-6-12)19-11-14(18)17-10-4-9-16/h5-8H,4,9-11,16H2,1-3H3,(H,17,18). The molecule has 0 heterocycles. The Morgan fingerprint density at radius 3 is 2.42 bits per heavy atom. The van der Waals surface area contributed by atoms with Crippen LogP contribution in [0.25, 0.3) is 0 Å². The minimum absolute atomic E-state index is 0.0411. The summed E-state index contributed by atoms with van der Waals surface area (Å²) in [5.41, 5.74) is 6.71. The fraction of sp³-hybridized carbons (Fsp3) is 0.533. The quantitative estimate of drug-likeness (QED) is 0.770. The molecule has 0 aromatic heterocycles. The van der Waals surface area contributed by atoms with Crippen LogP contribution in [0, 0.1) is 0 Å². The van der Waals surface area contributed by atoms with Crippen LogP contribution in [0.15, 0.2) is 24.3 Å². The molecule has 0 saturated heterocycles. The molecule has 19 heavy (non-hydrogen) atoms. The van der Waals surface area contributed by atoms with E-state index in [1.807, 2.05) is 24.3 Å². The SMILES string of the molecule is CC(C)(C)c1ccc(OCC(=O)NCCCN)cc1. The molecule has 1 aromatic rings. The number of carbonyl (C=O) groups is 1. The summed E-state index contributed by atoms with van der Waals surface area (Å²) < 4.78 is 5.42. The molecule has 106 valence electrons. The largest absolute Gasteiger partial charge is 0.484 e. The molecule has 0 bridgehead atoms. The first-order valence-electron chi connectivity index (χ1n) is 6.63. The first kappa shape index (κ1) is 15.5. The molecule has 0 fully saturated rings. The van der Waals surface area contributed by atoms with Crippen molar-refractivity contribution in [2.24, 2.45) is 5.73 Å². The van der Waals surface area contributed by atoms with Crippen LogP contribution in [0.2, 0.25) is 0 Å². The lowest BCUT2D eigenvalue weighted by Crippen LogP contribution is -2.30. The lowest BCUT2D eigenvalue weighted by atomic mass is 9.87. The zero-order valence-electron chi connectivity index (χ0n) is 12.0. The van der Waals surface area contributed by atoms with Crippen LogP contribution in [0.3, 0.4) is 0 Å². The molecule has 0 aliphatic heterocycles. The Morgan fingerprint density at radius 2 is 1.89 bits per heavy atom. The van der Waals surface area contributed by atoms with Crippen molar-refractivity contribution in [3.05, 3.63) is 29.8 Å². The molecule has 0 saturated carbocycles. The Bertz CT molecular complexity index is 394. The second-order valence-corrected chi connectivity index (χ2v) is 5.56. The molecule has 0 atom stereocenters. The monoisotopic (exact) mass is 264 g/mol. The molecule has 0 spiro atoms.